The lowest BCUT2D eigenvalue weighted by Crippen LogP contribution is -2.34. The maximum Gasteiger partial charge on any atom is 0.407 e. The molecule has 0 aliphatic carbocycles. The van der Waals surface area contributed by atoms with Gasteiger partial charge in [0.15, 0.2) is 0 Å². The minimum Gasteiger partial charge on any atom is -0.508 e. The second-order valence-electron chi connectivity index (χ2n) is 4.89. The summed E-state index contributed by atoms with van der Waals surface area (Å²) in [7, 11) is 0. The molecule has 0 spiro atoms. The number of halogens is 1. The van der Waals surface area contributed by atoms with E-state index >= 15 is 0 Å². The van der Waals surface area contributed by atoms with E-state index in [1.54, 1.807) is 26.8 Å². The molecule has 1 rings (SSSR count). The van der Waals surface area contributed by atoms with Crippen LogP contribution in [-0.2, 0) is 4.74 Å². The highest BCUT2D eigenvalue weighted by molar-refractivity contribution is 6.32. The van der Waals surface area contributed by atoms with Crippen molar-refractivity contribution in [3.8, 4) is 11.5 Å². The third-order valence-electron chi connectivity index (χ3n) is 1.94. The number of aromatic hydroxyl groups is 1. The van der Waals surface area contributed by atoms with Gasteiger partial charge in [0, 0.05) is 6.07 Å². The molecule has 5 nitrogen and oxygen atoms in total. The molecule has 1 aromatic carbocycles. The summed E-state index contributed by atoms with van der Waals surface area (Å²) in [4.78, 5) is 11.3. The first-order valence-electron chi connectivity index (χ1n) is 5.86. The molecule has 1 amide bonds. The second kappa shape index (κ2) is 6.52. The molecule has 0 aliphatic rings. The third kappa shape index (κ3) is 6.20. The van der Waals surface area contributed by atoms with E-state index in [1.807, 2.05) is 0 Å². The molecule has 0 unspecified atom stereocenters. The lowest BCUT2D eigenvalue weighted by molar-refractivity contribution is 0.0520. The fraction of sp³-hybridized carbons (Fsp3) is 0.462. The maximum absolute atomic E-state index is 11.3. The summed E-state index contributed by atoms with van der Waals surface area (Å²) in [6.45, 7) is 5.92. The van der Waals surface area contributed by atoms with Crippen LogP contribution in [-0.4, -0.2) is 30.0 Å². The van der Waals surface area contributed by atoms with Crippen LogP contribution in [0.5, 0.6) is 11.5 Å². The van der Waals surface area contributed by atoms with Crippen molar-refractivity contribution in [1.29, 1.82) is 0 Å². The van der Waals surface area contributed by atoms with E-state index in [4.69, 9.17) is 21.1 Å². The number of alkyl carbamates (subject to hydrolysis) is 1. The number of hydrogen-bond acceptors (Lipinski definition) is 4. The summed E-state index contributed by atoms with van der Waals surface area (Å²) in [5, 5.41) is 12.1. The van der Waals surface area contributed by atoms with E-state index in [0.29, 0.717) is 17.3 Å². The number of hydrogen-bond donors (Lipinski definition) is 2. The molecule has 0 saturated heterocycles. The van der Waals surface area contributed by atoms with Crippen LogP contribution in [0.25, 0.3) is 0 Å². The van der Waals surface area contributed by atoms with Gasteiger partial charge in [-0.1, -0.05) is 11.6 Å². The molecule has 2 N–H and O–H groups in total. The van der Waals surface area contributed by atoms with Crippen molar-refractivity contribution >= 4 is 17.7 Å². The fourth-order valence-corrected chi connectivity index (χ4v) is 1.46. The van der Waals surface area contributed by atoms with Crippen molar-refractivity contribution in [3.63, 3.8) is 0 Å². The van der Waals surface area contributed by atoms with Crippen LogP contribution in [0.3, 0.4) is 0 Å². The Bertz CT molecular complexity index is 443. The Morgan fingerprint density at radius 1 is 1.42 bits per heavy atom. The van der Waals surface area contributed by atoms with Crippen LogP contribution in [0.15, 0.2) is 18.2 Å². The minimum atomic E-state index is -0.523. The van der Waals surface area contributed by atoms with Gasteiger partial charge in [0.1, 0.15) is 23.7 Å². The van der Waals surface area contributed by atoms with Crippen LogP contribution in [0.2, 0.25) is 5.02 Å². The number of carbonyl (C=O) groups is 1. The van der Waals surface area contributed by atoms with Gasteiger partial charge in [-0.05, 0) is 32.9 Å². The number of rotatable bonds is 4. The third-order valence-corrected chi connectivity index (χ3v) is 2.24. The van der Waals surface area contributed by atoms with Crippen molar-refractivity contribution in [2.45, 2.75) is 26.4 Å². The zero-order valence-corrected chi connectivity index (χ0v) is 12.0. The molecule has 19 heavy (non-hydrogen) atoms. The zero-order valence-electron chi connectivity index (χ0n) is 11.2. The number of amides is 1. The summed E-state index contributed by atoms with van der Waals surface area (Å²) >= 11 is 5.86. The highest BCUT2D eigenvalue weighted by atomic mass is 35.5. The Kier molecular flexibility index (Phi) is 5.30. The van der Waals surface area contributed by atoms with Gasteiger partial charge >= 0.3 is 6.09 Å². The lowest BCUT2D eigenvalue weighted by Gasteiger charge is -2.19. The van der Waals surface area contributed by atoms with Crippen LogP contribution in [0, 0.1) is 0 Å². The zero-order chi connectivity index (χ0) is 14.5. The molecule has 0 bridgehead atoms. The summed E-state index contributed by atoms with van der Waals surface area (Å²) in [5.74, 6) is 0.523. The van der Waals surface area contributed by atoms with Gasteiger partial charge in [-0.15, -0.1) is 0 Å². The molecular weight excluding hydrogens is 270 g/mol. The molecule has 1 aromatic rings. The Hall–Kier alpha value is -1.62. The highest BCUT2D eigenvalue weighted by Crippen LogP contribution is 2.27. The van der Waals surface area contributed by atoms with Crippen molar-refractivity contribution in [3.05, 3.63) is 23.2 Å². The van der Waals surface area contributed by atoms with Gasteiger partial charge in [-0.3, -0.25) is 0 Å². The van der Waals surface area contributed by atoms with Gasteiger partial charge < -0.3 is 19.9 Å². The summed E-state index contributed by atoms with van der Waals surface area (Å²) in [6, 6.07) is 4.42. The van der Waals surface area contributed by atoms with E-state index in [1.165, 1.54) is 12.1 Å². The predicted octanol–water partition coefficient (Wildman–Crippen LogP) is 2.95. The van der Waals surface area contributed by atoms with Crippen LogP contribution >= 0.6 is 11.6 Å². The van der Waals surface area contributed by atoms with Gasteiger partial charge in [-0.25, -0.2) is 4.79 Å². The van der Waals surface area contributed by atoms with Crippen LogP contribution in [0.1, 0.15) is 20.8 Å². The van der Waals surface area contributed by atoms with Crippen molar-refractivity contribution in [2.75, 3.05) is 13.2 Å². The molecule has 0 atom stereocenters. The Balaban J connectivity index is 2.29. The lowest BCUT2D eigenvalue weighted by atomic mass is 10.2. The topological polar surface area (TPSA) is 67.8 Å². The SMILES string of the molecule is CC(C)(C)OC(=O)NCCOc1ccc(O)cc1Cl. The Morgan fingerprint density at radius 3 is 2.68 bits per heavy atom. The Labute approximate surface area is 117 Å². The van der Waals surface area contributed by atoms with Gasteiger partial charge in [0.05, 0.1) is 11.6 Å². The minimum absolute atomic E-state index is 0.0734. The standard InChI is InChI=1S/C13H18ClNO4/c1-13(2,3)19-12(17)15-6-7-18-11-5-4-9(16)8-10(11)14/h4-5,8,16H,6-7H2,1-3H3,(H,15,17). The first-order chi connectivity index (χ1) is 8.78. The first-order valence-corrected chi connectivity index (χ1v) is 6.24. The molecule has 0 fully saturated rings. The molecule has 6 heteroatoms. The summed E-state index contributed by atoms with van der Waals surface area (Å²) in [5.41, 5.74) is -0.523. The van der Waals surface area contributed by atoms with Gasteiger partial charge in [-0.2, -0.15) is 0 Å². The first kappa shape index (κ1) is 15.4. The predicted molar refractivity (Wildman–Crippen MR) is 72.8 cm³/mol. The highest BCUT2D eigenvalue weighted by Gasteiger charge is 2.15. The van der Waals surface area contributed by atoms with E-state index < -0.39 is 11.7 Å². The Morgan fingerprint density at radius 2 is 2.11 bits per heavy atom. The molecule has 106 valence electrons. The quantitative estimate of drug-likeness (QED) is 0.836. The number of phenols is 1. The average molecular weight is 288 g/mol. The molecular formula is C13H18ClNO4. The number of ether oxygens (including phenoxy) is 2. The summed E-state index contributed by atoms with van der Waals surface area (Å²) < 4.78 is 10.4. The van der Waals surface area contributed by atoms with Crippen molar-refractivity contribution in [1.82, 2.24) is 5.32 Å². The normalized spacial score (nSPS) is 10.9. The molecule has 0 radical (unpaired) electrons. The van der Waals surface area contributed by atoms with Crippen LogP contribution < -0.4 is 10.1 Å². The van der Waals surface area contributed by atoms with E-state index in [0.717, 1.165) is 0 Å². The van der Waals surface area contributed by atoms with Gasteiger partial charge in [0.2, 0.25) is 0 Å². The van der Waals surface area contributed by atoms with Crippen molar-refractivity contribution < 1.29 is 19.4 Å². The number of phenolic OH excluding ortho intramolecular Hbond substituents is 1. The van der Waals surface area contributed by atoms with Crippen molar-refractivity contribution in [2.24, 2.45) is 0 Å². The maximum atomic E-state index is 11.3. The average Bonchev–Trinajstić information content (AvgIpc) is 2.24. The largest absolute Gasteiger partial charge is 0.508 e. The molecule has 0 saturated carbocycles. The monoisotopic (exact) mass is 287 g/mol. The molecule has 0 aromatic heterocycles. The second-order valence-corrected chi connectivity index (χ2v) is 5.30. The summed E-state index contributed by atoms with van der Waals surface area (Å²) in [6.07, 6.45) is -0.493. The van der Waals surface area contributed by atoms with Gasteiger partial charge in [0.25, 0.3) is 0 Å². The molecule has 0 heterocycles. The van der Waals surface area contributed by atoms with Crippen LogP contribution in [0.4, 0.5) is 4.79 Å². The smallest absolute Gasteiger partial charge is 0.407 e. The number of nitrogens with one attached hydrogen (secondary N) is 1. The number of carbonyl (C=O) groups excluding carboxylic acids is 1. The number of benzene rings is 1. The van der Waals surface area contributed by atoms with E-state index in [9.17, 15) is 9.90 Å². The fourth-order valence-electron chi connectivity index (χ4n) is 1.24. The van der Waals surface area contributed by atoms with E-state index in [2.05, 4.69) is 5.32 Å². The molecule has 0 aliphatic heterocycles. The van der Waals surface area contributed by atoms with E-state index in [-0.39, 0.29) is 12.4 Å².